The van der Waals surface area contributed by atoms with Crippen molar-refractivity contribution in [3.8, 4) is 0 Å². The second kappa shape index (κ2) is 6.36. The van der Waals surface area contributed by atoms with E-state index in [-0.39, 0.29) is 23.4 Å². The Balaban J connectivity index is 1.72. The van der Waals surface area contributed by atoms with Gasteiger partial charge in [0, 0.05) is 12.5 Å². The van der Waals surface area contributed by atoms with Crippen molar-refractivity contribution in [2.45, 2.75) is 45.8 Å². The maximum atomic E-state index is 12.4. The Kier molecular flexibility index (Phi) is 4.34. The Hall–Kier alpha value is -3.04. The number of hydrogen-bond donors (Lipinski definition) is 0. The van der Waals surface area contributed by atoms with Gasteiger partial charge in [-0.25, -0.2) is 4.98 Å². The molecule has 0 fully saturated rings. The van der Waals surface area contributed by atoms with Crippen LogP contribution in [0.4, 0.5) is 0 Å². The average Bonchev–Trinajstić information content (AvgIpc) is 3.17. The maximum Gasteiger partial charge on any atom is 0.326 e. The Morgan fingerprint density at radius 2 is 2.12 bits per heavy atom. The quantitative estimate of drug-likeness (QED) is 0.635. The lowest BCUT2D eigenvalue weighted by Crippen LogP contribution is -2.26. The molecule has 0 bridgehead atoms. The van der Waals surface area contributed by atoms with Crippen LogP contribution in [0, 0.1) is 0 Å². The van der Waals surface area contributed by atoms with Crippen molar-refractivity contribution in [3.63, 3.8) is 0 Å². The van der Waals surface area contributed by atoms with Gasteiger partial charge in [0.25, 0.3) is 11.4 Å². The largest absolute Gasteiger partial charge is 0.451 e. The summed E-state index contributed by atoms with van der Waals surface area (Å²) in [6.07, 6.45) is 1.99. The summed E-state index contributed by atoms with van der Waals surface area (Å²) >= 11 is 0. The van der Waals surface area contributed by atoms with Crippen molar-refractivity contribution in [1.82, 2.24) is 29.5 Å². The van der Waals surface area contributed by atoms with Gasteiger partial charge in [-0.15, -0.1) is 0 Å². The molecule has 3 rings (SSSR count). The summed E-state index contributed by atoms with van der Waals surface area (Å²) < 4.78 is 13.1. The number of hydrogen-bond acceptors (Lipinski definition) is 8. The van der Waals surface area contributed by atoms with Crippen molar-refractivity contribution in [1.29, 1.82) is 0 Å². The van der Waals surface area contributed by atoms with Crippen molar-refractivity contribution >= 4 is 17.0 Å². The fraction of sp³-hybridized carbons (Fsp3) is 0.500. The second-order valence-electron chi connectivity index (χ2n) is 7.02. The highest BCUT2D eigenvalue weighted by molar-refractivity contribution is 5.74. The summed E-state index contributed by atoms with van der Waals surface area (Å²) in [6, 6.07) is 0. The molecule has 0 saturated heterocycles. The van der Waals surface area contributed by atoms with Gasteiger partial charge in [-0.3, -0.25) is 18.8 Å². The molecule has 138 valence electrons. The topological polar surface area (TPSA) is 118 Å². The highest BCUT2D eigenvalue weighted by atomic mass is 16.6. The van der Waals surface area contributed by atoms with E-state index < -0.39 is 12.1 Å². The van der Waals surface area contributed by atoms with Gasteiger partial charge in [-0.05, 0) is 6.92 Å². The Morgan fingerprint density at radius 3 is 2.77 bits per heavy atom. The summed E-state index contributed by atoms with van der Waals surface area (Å²) in [7, 11) is 1.69. The van der Waals surface area contributed by atoms with Crippen LogP contribution in [-0.2, 0) is 28.5 Å². The lowest BCUT2D eigenvalue weighted by molar-refractivity contribution is -0.150. The molecule has 3 heterocycles. The van der Waals surface area contributed by atoms with Crippen molar-refractivity contribution in [2.24, 2.45) is 7.05 Å². The molecule has 0 spiro atoms. The number of rotatable bonds is 4. The molecule has 0 aromatic carbocycles. The lowest BCUT2D eigenvalue weighted by Gasteiger charge is -2.12. The molecule has 3 aromatic heterocycles. The van der Waals surface area contributed by atoms with E-state index in [0.717, 1.165) is 0 Å². The fourth-order valence-electron chi connectivity index (χ4n) is 2.31. The van der Waals surface area contributed by atoms with Crippen molar-refractivity contribution < 1.29 is 14.1 Å². The van der Waals surface area contributed by atoms with Gasteiger partial charge >= 0.3 is 5.97 Å². The lowest BCUT2D eigenvalue weighted by atomic mass is 9.96. The van der Waals surface area contributed by atoms with Crippen LogP contribution in [0.1, 0.15) is 45.5 Å². The molecule has 0 aliphatic rings. The molecule has 10 heteroatoms. The molecule has 0 aliphatic heterocycles. The van der Waals surface area contributed by atoms with E-state index in [1.165, 1.54) is 21.8 Å². The van der Waals surface area contributed by atoms with E-state index >= 15 is 0 Å². The zero-order chi connectivity index (χ0) is 19.1. The van der Waals surface area contributed by atoms with Crippen LogP contribution in [0.15, 0.2) is 21.8 Å². The van der Waals surface area contributed by atoms with Crippen molar-refractivity contribution in [3.05, 3.63) is 34.6 Å². The predicted molar refractivity (Wildman–Crippen MR) is 90.3 cm³/mol. The van der Waals surface area contributed by atoms with Gasteiger partial charge in [0.15, 0.2) is 17.6 Å². The molecular weight excluding hydrogens is 340 g/mol. The number of esters is 1. The third-order valence-electron chi connectivity index (χ3n) is 3.79. The van der Waals surface area contributed by atoms with E-state index in [9.17, 15) is 9.59 Å². The number of aryl methyl sites for hydroxylation is 1. The van der Waals surface area contributed by atoms with Gasteiger partial charge in [-0.1, -0.05) is 25.9 Å². The highest BCUT2D eigenvalue weighted by Crippen LogP contribution is 2.22. The van der Waals surface area contributed by atoms with Gasteiger partial charge in [0.2, 0.25) is 0 Å². The van der Waals surface area contributed by atoms with Gasteiger partial charge in [0.05, 0.1) is 6.20 Å². The summed E-state index contributed by atoms with van der Waals surface area (Å²) in [5.74, 6) is 0.120. The van der Waals surface area contributed by atoms with E-state index in [1.54, 1.807) is 14.0 Å². The third kappa shape index (κ3) is 3.35. The van der Waals surface area contributed by atoms with Crippen molar-refractivity contribution in [2.75, 3.05) is 0 Å². The third-order valence-corrected chi connectivity index (χ3v) is 3.79. The predicted octanol–water partition coefficient (Wildman–Crippen LogP) is 1.11. The smallest absolute Gasteiger partial charge is 0.326 e. The summed E-state index contributed by atoms with van der Waals surface area (Å²) in [4.78, 5) is 32.9. The molecule has 10 nitrogen and oxygen atoms in total. The molecule has 0 amide bonds. The first-order valence-corrected chi connectivity index (χ1v) is 8.07. The number of aromatic nitrogens is 6. The van der Waals surface area contributed by atoms with Gasteiger partial charge < -0.3 is 9.26 Å². The SMILES string of the molecule is CC(OC(=O)Cn1cnc2c(cnn2C)c1=O)c1nc(C(C)(C)C)no1. The van der Waals surface area contributed by atoms with E-state index in [1.807, 2.05) is 20.8 Å². The number of nitrogens with zero attached hydrogens (tertiary/aromatic N) is 6. The minimum atomic E-state index is -0.725. The standard InChI is InChI=1S/C16H20N6O4/c1-9(13-19-15(20-26-13)16(2,3)4)25-11(23)7-22-8-17-12-10(14(22)24)6-18-21(12)5/h6,8-9H,7H2,1-5H3. The van der Waals surface area contributed by atoms with Crippen LogP contribution in [0.25, 0.3) is 11.0 Å². The van der Waals surface area contributed by atoms with Crippen LogP contribution in [0.3, 0.4) is 0 Å². The zero-order valence-corrected chi connectivity index (χ0v) is 15.3. The average molecular weight is 360 g/mol. The monoisotopic (exact) mass is 360 g/mol. The molecule has 0 saturated carbocycles. The Morgan fingerprint density at radius 1 is 1.38 bits per heavy atom. The first-order valence-electron chi connectivity index (χ1n) is 8.07. The molecule has 3 aromatic rings. The molecule has 26 heavy (non-hydrogen) atoms. The van der Waals surface area contributed by atoms with E-state index in [4.69, 9.17) is 9.26 Å². The van der Waals surface area contributed by atoms with Crippen LogP contribution < -0.4 is 5.56 Å². The summed E-state index contributed by atoms with van der Waals surface area (Å²) in [5.41, 5.74) is -0.182. The normalized spacial score (nSPS) is 13.1. The fourth-order valence-corrected chi connectivity index (χ4v) is 2.31. The van der Waals surface area contributed by atoms with Crippen LogP contribution in [0.2, 0.25) is 0 Å². The zero-order valence-electron chi connectivity index (χ0n) is 15.3. The Labute approximate surface area is 148 Å². The van der Waals surface area contributed by atoms with Gasteiger partial charge in [-0.2, -0.15) is 10.1 Å². The highest BCUT2D eigenvalue weighted by Gasteiger charge is 2.25. The summed E-state index contributed by atoms with van der Waals surface area (Å²) in [6.45, 7) is 7.20. The van der Waals surface area contributed by atoms with Crippen LogP contribution in [0.5, 0.6) is 0 Å². The molecule has 1 unspecified atom stereocenters. The molecule has 0 aliphatic carbocycles. The maximum absolute atomic E-state index is 12.4. The second-order valence-corrected chi connectivity index (χ2v) is 7.02. The number of carbonyl (C=O) groups excluding carboxylic acids is 1. The molecule has 0 N–H and O–H groups in total. The minimum Gasteiger partial charge on any atom is -0.451 e. The number of ether oxygens (including phenoxy) is 1. The molecule has 0 radical (unpaired) electrons. The minimum absolute atomic E-state index is 0.205. The summed E-state index contributed by atoms with van der Waals surface area (Å²) in [5, 5.41) is 8.22. The van der Waals surface area contributed by atoms with Gasteiger partial charge in [0.1, 0.15) is 18.3 Å². The first kappa shape index (κ1) is 17.8. The molecular formula is C16H20N6O4. The number of carbonyl (C=O) groups is 1. The molecule has 1 atom stereocenters. The van der Waals surface area contributed by atoms with E-state index in [2.05, 4.69) is 20.2 Å². The van der Waals surface area contributed by atoms with Crippen LogP contribution >= 0.6 is 0 Å². The Bertz CT molecular complexity index is 1010. The first-order chi connectivity index (χ1) is 12.2. The van der Waals surface area contributed by atoms with Crippen LogP contribution in [-0.4, -0.2) is 35.4 Å². The number of fused-ring (bicyclic) bond motifs is 1. The van der Waals surface area contributed by atoms with E-state index in [0.29, 0.717) is 16.9 Å².